The Kier molecular flexibility index (Phi) is 5.79. The number of aryl methyl sites for hydroxylation is 1. The van der Waals surface area contributed by atoms with Gasteiger partial charge >= 0.3 is 51.4 Å². The van der Waals surface area contributed by atoms with E-state index in [-0.39, 0.29) is 51.4 Å². The van der Waals surface area contributed by atoms with Crippen molar-refractivity contribution in [1.29, 1.82) is 0 Å². The zero-order chi connectivity index (χ0) is 17.4. The maximum absolute atomic E-state index is 10.5. The monoisotopic (exact) mass is 371 g/mol. The number of benzene rings is 3. The van der Waals surface area contributed by atoms with Gasteiger partial charge in [-0.25, -0.2) is 4.98 Å². The molecule has 0 saturated carbocycles. The van der Waals surface area contributed by atoms with Crippen molar-refractivity contribution in [2.24, 2.45) is 0 Å². The second kappa shape index (κ2) is 7.90. The van der Waals surface area contributed by atoms with Crippen LogP contribution in [0.1, 0.15) is 5.56 Å². The quantitative estimate of drug-likeness (QED) is 0.475. The molecule has 6 heteroatoms. The van der Waals surface area contributed by atoms with E-state index in [4.69, 9.17) is 9.15 Å². The predicted octanol–water partition coefficient (Wildman–Crippen LogP) is 0.0891. The minimum absolute atomic E-state index is 0. The molecule has 5 nitrogen and oxygen atoms in total. The number of oxazole rings is 1. The smallest absolute Gasteiger partial charge is 0.546 e. The predicted molar refractivity (Wildman–Crippen MR) is 92.2 cm³/mol. The van der Waals surface area contributed by atoms with Crippen molar-refractivity contribution < 1.29 is 70.4 Å². The fourth-order valence-corrected chi connectivity index (χ4v) is 2.74. The van der Waals surface area contributed by atoms with Crippen LogP contribution in [0.5, 0.6) is 5.75 Å². The molecule has 4 aromatic rings. The molecule has 0 unspecified atom stereocenters. The van der Waals surface area contributed by atoms with E-state index in [1.54, 1.807) is 12.1 Å². The first kappa shape index (κ1) is 19.1. The fourth-order valence-electron chi connectivity index (χ4n) is 2.74. The third kappa shape index (κ3) is 4.00. The molecule has 0 aliphatic rings. The molecule has 4 rings (SSSR count). The van der Waals surface area contributed by atoms with Gasteiger partial charge < -0.3 is 19.1 Å². The summed E-state index contributed by atoms with van der Waals surface area (Å²) in [6, 6.07) is 17.1. The van der Waals surface area contributed by atoms with Crippen LogP contribution in [0.15, 0.2) is 59.0 Å². The van der Waals surface area contributed by atoms with Gasteiger partial charge in [0, 0.05) is 5.56 Å². The van der Waals surface area contributed by atoms with Crippen molar-refractivity contribution in [3.63, 3.8) is 0 Å². The van der Waals surface area contributed by atoms with Crippen LogP contribution in [0.3, 0.4) is 0 Å². The topological polar surface area (TPSA) is 75.4 Å². The Morgan fingerprint density at radius 3 is 2.65 bits per heavy atom. The van der Waals surface area contributed by atoms with Crippen molar-refractivity contribution >= 4 is 27.8 Å². The Bertz CT molecular complexity index is 1100. The molecule has 0 radical (unpaired) electrons. The van der Waals surface area contributed by atoms with Crippen LogP contribution in [-0.2, 0) is 4.79 Å². The largest absolute Gasteiger partial charge is 1.00 e. The molecule has 0 saturated heterocycles. The second-order valence-electron chi connectivity index (χ2n) is 5.87. The van der Waals surface area contributed by atoms with Gasteiger partial charge in [-0.15, -0.1) is 0 Å². The summed E-state index contributed by atoms with van der Waals surface area (Å²) >= 11 is 0. The maximum atomic E-state index is 10.5. The summed E-state index contributed by atoms with van der Waals surface area (Å²) < 4.78 is 11.0. The zero-order valence-corrected chi connectivity index (χ0v) is 17.6. The first-order chi connectivity index (χ1) is 12.1. The van der Waals surface area contributed by atoms with Gasteiger partial charge in [0.2, 0.25) is 5.89 Å². The SMILES string of the molecule is Cc1ccc2nc(-c3ccc4cc(OCC(=O)[O-])ccc4c3)oc2c1.[K+]. The number of ether oxygens (including phenoxy) is 1. The molecule has 0 fully saturated rings. The van der Waals surface area contributed by atoms with Crippen LogP contribution in [0.4, 0.5) is 0 Å². The number of aliphatic carboxylic acids is 1. The van der Waals surface area contributed by atoms with Crippen LogP contribution in [-0.4, -0.2) is 17.6 Å². The molecule has 0 atom stereocenters. The first-order valence-corrected chi connectivity index (χ1v) is 7.82. The number of carboxylic acid groups (broad SMARTS) is 1. The molecule has 0 amide bonds. The molecule has 124 valence electrons. The van der Waals surface area contributed by atoms with E-state index >= 15 is 0 Å². The number of carbonyl (C=O) groups excluding carboxylic acids is 1. The van der Waals surface area contributed by atoms with Gasteiger partial charge in [0.05, 0.1) is 5.97 Å². The second-order valence-corrected chi connectivity index (χ2v) is 5.87. The number of hydrogen-bond acceptors (Lipinski definition) is 5. The molecule has 3 aromatic carbocycles. The zero-order valence-electron chi connectivity index (χ0n) is 14.5. The summed E-state index contributed by atoms with van der Waals surface area (Å²) in [5, 5.41) is 12.4. The normalized spacial score (nSPS) is 10.7. The van der Waals surface area contributed by atoms with Gasteiger partial charge in [-0.3, -0.25) is 0 Å². The van der Waals surface area contributed by atoms with Crippen LogP contribution in [0.2, 0.25) is 0 Å². The van der Waals surface area contributed by atoms with Gasteiger partial charge in [0.25, 0.3) is 0 Å². The Labute approximate surface area is 192 Å². The first-order valence-electron chi connectivity index (χ1n) is 7.82. The summed E-state index contributed by atoms with van der Waals surface area (Å²) in [5.41, 5.74) is 3.59. The molecule has 0 N–H and O–H groups in total. The summed E-state index contributed by atoms with van der Waals surface area (Å²) in [6.07, 6.45) is 0. The van der Waals surface area contributed by atoms with Crippen molar-refractivity contribution in [2.75, 3.05) is 6.61 Å². The standard InChI is InChI=1S/C20H15NO4.K/c1-12-2-7-17-18(8-12)25-20(21-17)15-4-3-14-10-16(24-11-19(22)23)6-5-13(14)9-15;/h2-10H,11H2,1H3,(H,22,23);/q;+1/p-1. The van der Waals surface area contributed by atoms with Crippen LogP contribution in [0.25, 0.3) is 33.3 Å². The third-order valence-electron chi connectivity index (χ3n) is 3.96. The summed E-state index contributed by atoms with van der Waals surface area (Å²) in [7, 11) is 0. The van der Waals surface area contributed by atoms with E-state index in [0.29, 0.717) is 11.6 Å². The molecule has 1 aromatic heterocycles. The molecular weight excluding hydrogens is 357 g/mol. The Hall–Kier alpha value is -1.70. The van der Waals surface area contributed by atoms with Crippen LogP contribution < -0.4 is 61.2 Å². The van der Waals surface area contributed by atoms with E-state index in [0.717, 1.165) is 33.0 Å². The fraction of sp³-hybridized carbons (Fsp3) is 0.100. The van der Waals surface area contributed by atoms with Crippen molar-refractivity contribution in [1.82, 2.24) is 4.98 Å². The van der Waals surface area contributed by atoms with Crippen molar-refractivity contribution in [2.45, 2.75) is 6.92 Å². The van der Waals surface area contributed by atoms with Gasteiger partial charge in [0.1, 0.15) is 17.9 Å². The Morgan fingerprint density at radius 1 is 1.08 bits per heavy atom. The molecule has 26 heavy (non-hydrogen) atoms. The number of hydrogen-bond donors (Lipinski definition) is 0. The van der Waals surface area contributed by atoms with E-state index in [2.05, 4.69) is 4.98 Å². The van der Waals surface area contributed by atoms with Gasteiger partial charge in [0.15, 0.2) is 5.58 Å². The minimum atomic E-state index is -1.25. The third-order valence-corrected chi connectivity index (χ3v) is 3.96. The van der Waals surface area contributed by atoms with Crippen LogP contribution >= 0.6 is 0 Å². The van der Waals surface area contributed by atoms with Crippen LogP contribution in [0, 0.1) is 6.92 Å². The Balaban J connectivity index is 0.00000196. The van der Waals surface area contributed by atoms with E-state index in [9.17, 15) is 9.90 Å². The molecular formula is C20H14KNO4. The maximum Gasteiger partial charge on any atom is 1.00 e. The number of carbonyl (C=O) groups is 1. The molecule has 0 aliphatic carbocycles. The minimum Gasteiger partial charge on any atom is -0.546 e. The molecule has 0 aliphatic heterocycles. The number of fused-ring (bicyclic) bond motifs is 2. The number of rotatable bonds is 4. The van der Waals surface area contributed by atoms with Crippen molar-refractivity contribution in [3.05, 3.63) is 60.2 Å². The number of nitrogens with zero attached hydrogens (tertiary/aromatic N) is 1. The van der Waals surface area contributed by atoms with Gasteiger partial charge in [-0.05, 0) is 59.7 Å². The van der Waals surface area contributed by atoms with E-state index in [1.165, 1.54) is 0 Å². The molecule has 0 spiro atoms. The number of aromatic nitrogens is 1. The Morgan fingerprint density at radius 2 is 1.85 bits per heavy atom. The van der Waals surface area contributed by atoms with Crippen molar-refractivity contribution in [3.8, 4) is 17.2 Å². The number of carboxylic acids is 1. The van der Waals surface area contributed by atoms with E-state index < -0.39 is 12.6 Å². The average molecular weight is 371 g/mol. The molecule has 0 bridgehead atoms. The van der Waals surface area contributed by atoms with Gasteiger partial charge in [-0.2, -0.15) is 0 Å². The van der Waals surface area contributed by atoms with E-state index in [1.807, 2.05) is 49.4 Å². The van der Waals surface area contributed by atoms with Gasteiger partial charge in [-0.1, -0.05) is 18.2 Å². The average Bonchev–Trinajstić information content (AvgIpc) is 3.02. The summed E-state index contributed by atoms with van der Waals surface area (Å²) in [5.74, 6) is -0.191. The molecule has 1 heterocycles. The summed E-state index contributed by atoms with van der Waals surface area (Å²) in [4.78, 5) is 15.0. The summed E-state index contributed by atoms with van der Waals surface area (Å²) in [6.45, 7) is 1.55.